The molecule has 166 valence electrons. The lowest BCUT2D eigenvalue weighted by Crippen LogP contribution is -2.44. The zero-order valence-electron chi connectivity index (χ0n) is 19.8. The number of aryl methyl sites for hydroxylation is 1. The van der Waals surface area contributed by atoms with E-state index in [9.17, 15) is 0 Å². The Labute approximate surface area is 187 Å². The number of anilines is 1. The standard InChI is InChI=1S/C25H36N4OSi/c1-17-27-15-22-23(18-7-9-19(26)10-8-18)16-29(24(22)28-17)20-11-13-21(14-12-20)30-31(5,6)25(2,3)4/h7-10,15-16,20-21H,11-14,26H2,1-6H3. The minimum Gasteiger partial charge on any atom is -0.414 e. The highest BCUT2D eigenvalue weighted by Gasteiger charge is 2.40. The van der Waals surface area contributed by atoms with Crippen molar-refractivity contribution in [1.82, 2.24) is 14.5 Å². The Kier molecular flexibility index (Phi) is 5.73. The maximum atomic E-state index is 6.71. The predicted octanol–water partition coefficient (Wildman–Crippen LogP) is 6.49. The van der Waals surface area contributed by atoms with Crippen molar-refractivity contribution in [2.45, 2.75) is 83.7 Å². The van der Waals surface area contributed by atoms with Crippen LogP contribution in [-0.2, 0) is 4.43 Å². The fraction of sp³-hybridized carbons (Fsp3) is 0.520. The first-order valence-corrected chi connectivity index (χ1v) is 14.3. The van der Waals surface area contributed by atoms with Crippen LogP contribution in [0.2, 0.25) is 18.1 Å². The molecule has 0 unspecified atom stereocenters. The van der Waals surface area contributed by atoms with E-state index in [1.807, 2.05) is 25.3 Å². The van der Waals surface area contributed by atoms with Crippen LogP contribution in [0.15, 0.2) is 36.7 Å². The molecule has 2 heterocycles. The molecule has 1 fully saturated rings. The van der Waals surface area contributed by atoms with Crippen LogP contribution >= 0.6 is 0 Å². The van der Waals surface area contributed by atoms with Gasteiger partial charge in [-0.1, -0.05) is 32.9 Å². The molecule has 31 heavy (non-hydrogen) atoms. The second-order valence-electron chi connectivity index (χ2n) is 10.5. The molecule has 1 aliphatic carbocycles. The first-order valence-electron chi connectivity index (χ1n) is 11.4. The molecule has 4 rings (SSSR count). The van der Waals surface area contributed by atoms with Crippen LogP contribution in [-0.4, -0.2) is 29.0 Å². The minimum atomic E-state index is -1.73. The van der Waals surface area contributed by atoms with Gasteiger partial charge in [0.15, 0.2) is 8.32 Å². The van der Waals surface area contributed by atoms with Crippen LogP contribution in [0, 0.1) is 6.92 Å². The second kappa shape index (κ2) is 8.06. The molecule has 0 atom stereocenters. The van der Waals surface area contributed by atoms with E-state index in [0.29, 0.717) is 12.1 Å². The number of nitrogens with two attached hydrogens (primary N) is 1. The average molecular weight is 437 g/mol. The van der Waals surface area contributed by atoms with E-state index in [2.05, 4.69) is 61.7 Å². The lowest BCUT2D eigenvalue weighted by Gasteiger charge is -2.41. The van der Waals surface area contributed by atoms with Crippen molar-refractivity contribution in [1.29, 1.82) is 0 Å². The van der Waals surface area contributed by atoms with Gasteiger partial charge < -0.3 is 14.7 Å². The summed E-state index contributed by atoms with van der Waals surface area (Å²) in [5.74, 6) is 0.811. The van der Waals surface area contributed by atoms with E-state index in [0.717, 1.165) is 53.8 Å². The van der Waals surface area contributed by atoms with Crippen molar-refractivity contribution in [2.75, 3.05) is 5.73 Å². The first kappa shape index (κ1) is 22.0. The van der Waals surface area contributed by atoms with Crippen molar-refractivity contribution >= 4 is 25.0 Å². The summed E-state index contributed by atoms with van der Waals surface area (Å²) in [5, 5.41) is 1.36. The van der Waals surface area contributed by atoms with Gasteiger partial charge in [0, 0.05) is 41.2 Å². The number of rotatable bonds is 4. The summed E-state index contributed by atoms with van der Waals surface area (Å²) in [6, 6.07) is 8.52. The van der Waals surface area contributed by atoms with Gasteiger partial charge in [-0.05, 0) is 68.4 Å². The van der Waals surface area contributed by atoms with Crippen LogP contribution in [0.25, 0.3) is 22.2 Å². The molecule has 0 spiro atoms. The van der Waals surface area contributed by atoms with E-state index in [1.54, 1.807) is 0 Å². The quantitative estimate of drug-likeness (QED) is 0.375. The molecule has 1 aromatic carbocycles. The molecule has 0 saturated heterocycles. The Morgan fingerprint density at radius 1 is 1.06 bits per heavy atom. The van der Waals surface area contributed by atoms with Gasteiger partial charge in [0.25, 0.3) is 0 Å². The van der Waals surface area contributed by atoms with Crippen molar-refractivity contribution in [3.8, 4) is 11.1 Å². The summed E-state index contributed by atoms with van der Waals surface area (Å²) in [7, 11) is -1.73. The van der Waals surface area contributed by atoms with E-state index < -0.39 is 8.32 Å². The fourth-order valence-electron chi connectivity index (χ4n) is 4.32. The highest BCUT2D eigenvalue weighted by molar-refractivity contribution is 6.74. The molecular formula is C25H36N4OSi. The van der Waals surface area contributed by atoms with E-state index in [4.69, 9.17) is 15.1 Å². The van der Waals surface area contributed by atoms with Crippen molar-refractivity contribution in [2.24, 2.45) is 0 Å². The van der Waals surface area contributed by atoms with E-state index >= 15 is 0 Å². The summed E-state index contributed by atoms with van der Waals surface area (Å²) in [6.45, 7) is 13.6. The lowest BCUT2D eigenvalue weighted by atomic mass is 9.93. The third-order valence-corrected chi connectivity index (χ3v) is 11.8. The molecule has 0 amide bonds. The van der Waals surface area contributed by atoms with Gasteiger partial charge in [0.1, 0.15) is 11.5 Å². The van der Waals surface area contributed by atoms with Gasteiger partial charge in [0.05, 0.1) is 0 Å². The van der Waals surface area contributed by atoms with Gasteiger partial charge in [-0.15, -0.1) is 0 Å². The summed E-state index contributed by atoms with van der Waals surface area (Å²) in [4.78, 5) is 9.31. The number of benzene rings is 1. The van der Waals surface area contributed by atoms with Crippen LogP contribution in [0.5, 0.6) is 0 Å². The van der Waals surface area contributed by atoms with Gasteiger partial charge in [-0.2, -0.15) is 0 Å². The van der Waals surface area contributed by atoms with Crippen LogP contribution in [0.3, 0.4) is 0 Å². The smallest absolute Gasteiger partial charge is 0.192 e. The van der Waals surface area contributed by atoms with E-state index in [1.165, 1.54) is 5.56 Å². The Hall–Kier alpha value is -2.18. The lowest BCUT2D eigenvalue weighted by molar-refractivity contribution is 0.119. The zero-order valence-corrected chi connectivity index (χ0v) is 20.8. The van der Waals surface area contributed by atoms with Crippen LogP contribution < -0.4 is 5.73 Å². The number of nitrogens with zero attached hydrogens (tertiary/aromatic N) is 3. The number of fused-ring (bicyclic) bond motifs is 1. The van der Waals surface area contributed by atoms with Gasteiger partial charge in [-0.25, -0.2) is 9.97 Å². The Balaban J connectivity index is 1.59. The molecule has 0 aliphatic heterocycles. The topological polar surface area (TPSA) is 66.0 Å². The minimum absolute atomic E-state index is 0.253. The Bertz CT molecular complexity index is 1060. The normalized spacial score (nSPS) is 20.3. The summed E-state index contributed by atoms with van der Waals surface area (Å²) in [5.41, 5.74) is 10.0. The maximum Gasteiger partial charge on any atom is 0.192 e. The maximum absolute atomic E-state index is 6.71. The zero-order chi connectivity index (χ0) is 22.4. The molecular weight excluding hydrogens is 400 g/mol. The van der Waals surface area contributed by atoms with E-state index in [-0.39, 0.29) is 5.04 Å². The second-order valence-corrected chi connectivity index (χ2v) is 15.3. The highest BCUT2D eigenvalue weighted by Crippen LogP contribution is 2.41. The van der Waals surface area contributed by atoms with Gasteiger partial charge >= 0.3 is 0 Å². The van der Waals surface area contributed by atoms with Crippen molar-refractivity contribution < 1.29 is 4.43 Å². The SMILES string of the molecule is Cc1ncc2c(-c3ccc(N)cc3)cn(C3CCC(O[Si](C)(C)C(C)(C)C)CC3)c2n1. The predicted molar refractivity (Wildman–Crippen MR) is 132 cm³/mol. The van der Waals surface area contributed by atoms with Crippen molar-refractivity contribution in [3.63, 3.8) is 0 Å². The number of nitrogen functional groups attached to an aromatic ring is 1. The fourth-order valence-corrected chi connectivity index (χ4v) is 5.74. The van der Waals surface area contributed by atoms with Gasteiger partial charge in [0.2, 0.25) is 0 Å². The molecule has 6 heteroatoms. The largest absolute Gasteiger partial charge is 0.414 e. The van der Waals surface area contributed by atoms with Gasteiger partial charge in [-0.3, -0.25) is 0 Å². The molecule has 2 aromatic heterocycles. The summed E-state index contributed by atoms with van der Waals surface area (Å²) >= 11 is 0. The summed E-state index contributed by atoms with van der Waals surface area (Å²) < 4.78 is 9.10. The molecule has 1 aliphatic rings. The number of hydrogen-bond donors (Lipinski definition) is 1. The van der Waals surface area contributed by atoms with Crippen LogP contribution in [0.1, 0.15) is 58.3 Å². The molecule has 5 nitrogen and oxygen atoms in total. The summed E-state index contributed by atoms with van der Waals surface area (Å²) in [6.07, 6.45) is 9.07. The molecule has 0 bridgehead atoms. The van der Waals surface area contributed by atoms with Crippen molar-refractivity contribution in [3.05, 3.63) is 42.5 Å². The monoisotopic (exact) mass is 436 g/mol. The molecule has 3 aromatic rings. The Morgan fingerprint density at radius 2 is 1.71 bits per heavy atom. The molecule has 1 saturated carbocycles. The Morgan fingerprint density at radius 3 is 2.32 bits per heavy atom. The number of aromatic nitrogens is 3. The molecule has 2 N–H and O–H groups in total. The van der Waals surface area contributed by atoms with Crippen LogP contribution in [0.4, 0.5) is 5.69 Å². The number of hydrogen-bond acceptors (Lipinski definition) is 4. The average Bonchev–Trinajstić information content (AvgIpc) is 3.06. The first-order chi connectivity index (χ1) is 14.5. The molecule has 0 radical (unpaired) electrons. The highest BCUT2D eigenvalue weighted by atomic mass is 28.4. The third-order valence-electron chi connectivity index (χ3n) is 7.22. The third kappa shape index (κ3) is 4.41.